The van der Waals surface area contributed by atoms with Gasteiger partial charge in [0.05, 0.1) is 30.2 Å². The molecule has 5 nitrogen and oxygen atoms in total. The summed E-state index contributed by atoms with van der Waals surface area (Å²) in [7, 11) is 0. The number of aromatic nitrogens is 2. The van der Waals surface area contributed by atoms with Gasteiger partial charge in [-0.2, -0.15) is 0 Å². The summed E-state index contributed by atoms with van der Waals surface area (Å²) in [6, 6.07) is -0.423. The van der Waals surface area contributed by atoms with Crippen LogP contribution in [0.25, 0.3) is 0 Å². The van der Waals surface area contributed by atoms with E-state index >= 15 is 0 Å². The average Bonchev–Trinajstić information content (AvgIpc) is 2.34. The average molecular weight is 236 g/mol. The zero-order valence-electron chi connectivity index (χ0n) is 10.4. The van der Waals surface area contributed by atoms with Crippen molar-refractivity contribution < 1.29 is 4.79 Å². The van der Waals surface area contributed by atoms with E-state index in [-0.39, 0.29) is 5.91 Å². The molecule has 0 aliphatic heterocycles. The quantitative estimate of drug-likeness (QED) is 0.769. The van der Waals surface area contributed by atoms with Gasteiger partial charge in [0.25, 0.3) is 0 Å². The van der Waals surface area contributed by atoms with Gasteiger partial charge in [0.15, 0.2) is 0 Å². The van der Waals surface area contributed by atoms with Crippen molar-refractivity contribution in [1.29, 1.82) is 0 Å². The predicted octanol–water partition coefficient (Wildman–Crippen LogP) is 0.919. The third-order valence-electron chi connectivity index (χ3n) is 2.48. The van der Waals surface area contributed by atoms with Crippen molar-refractivity contribution in [3.8, 4) is 0 Å². The molecular weight excluding hydrogens is 216 g/mol. The number of hydrogen-bond donors (Lipinski definition) is 2. The van der Waals surface area contributed by atoms with Gasteiger partial charge in [-0.1, -0.05) is 19.8 Å². The number of carbonyl (C=O) groups excluding carboxylic acids is 1. The molecule has 17 heavy (non-hydrogen) atoms. The van der Waals surface area contributed by atoms with E-state index in [4.69, 9.17) is 5.73 Å². The molecule has 1 rings (SSSR count). The van der Waals surface area contributed by atoms with Crippen molar-refractivity contribution in [2.75, 3.05) is 0 Å². The van der Waals surface area contributed by atoms with E-state index in [1.54, 1.807) is 12.4 Å². The fraction of sp³-hybridized carbons (Fsp3) is 0.583. The maximum Gasteiger partial charge on any atom is 0.237 e. The molecule has 1 aromatic heterocycles. The summed E-state index contributed by atoms with van der Waals surface area (Å²) in [5.74, 6) is -0.124. The molecule has 1 amide bonds. The van der Waals surface area contributed by atoms with Gasteiger partial charge in [-0.05, 0) is 13.3 Å². The topological polar surface area (TPSA) is 80.9 Å². The van der Waals surface area contributed by atoms with Crippen LogP contribution >= 0.6 is 0 Å². The molecule has 3 N–H and O–H groups in total. The summed E-state index contributed by atoms with van der Waals surface area (Å²) in [6.45, 7) is 4.33. The summed E-state index contributed by atoms with van der Waals surface area (Å²) in [5.41, 5.74) is 7.35. The molecule has 0 aliphatic rings. The van der Waals surface area contributed by atoms with E-state index in [2.05, 4.69) is 22.2 Å². The summed E-state index contributed by atoms with van der Waals surface area (Å²) in [4.78, 5) is 19.9. The van der Waals surface area contributed by atoms with Crippen LogP contribution < -0.4 is 11.1 Å². The summed E-state index contributed by atoms with van der Waals surface area (Å²) < 4.78 is 0. The monoisotopic (exact) mass is 236 g/mol. The summed E-state index contributed by atoms with van der Waals surface area (Å²) in [6.07, 6.45) is 6.08. The number of nitrogens with two attached hydrogens (primary N) is 1. The maximum atomic E-state index is 11.6. The minimum atomic E-state index is -0.423. The molecule has 1 heterocycles. The summed E-state index contributed by atoms with van der Waals surface area (Å²) in [5, 5.41) is 2.76. The second kappa shape index (κ2) is 6.96. The number of unbranched alkanes of at least 4 members (excludes halogenated alkanes) is 1. The number of aryl methyl sites for hydroxylation is 1. The van der Waals surface area contributed by atoms with Crippen molar-refractivity contribution in [2.45, 2.75) is 45.7 Å². The second-order valence-electron chi connectivity index (χ2n) is 4.12. The maximum absolute atomic E-state index is 11.6. The molecule has 1 aromatic rings. The number of amides is 1. The van der Waals surface area contributed by atoms with Gasteiger partial charge < -0.3 is 11.1 Å². The number of nitrogens with zero attached hydrogens (tertiary/aromatic N) is 2. The van der Waals surface area contributed by atoms with Gasteiger partial charge >= 0.3 is 0 Å². The van der Waals surface area contributed by atoms with E-state index in [0.717, 1.165) is 30.7 Å². The largest absolute Gasteiger partial charge is 0.349 e. The third-order valence-corrected chi connectivity index (χ3v) is 2.48. The number of rotatable bonds is 6. The van der Waals surface area contributed by atoms with Crippen molar-refractivity contribution in [3.05, 3.63) is 23.8 Å². The first kappa shape index (κ1) is 13.6. The Kier molecular flexibility index (Phi) is 5.56. The van der Waals surface area contributed by atoms with Crippen LogP contribution in [0.1, 0.15) is 37.6 Å². The normalized spacial score (nSPS) is 12.2. The van der Waals surface area contributed by atoms with E-state index in [9.17, 15) is 4.79 Å². The van der Waals surface area contributed by atoms with Crippen molar-refractivity contribution >= 4 is 5.91 Å². The lowest BCUT2D eigenvalue weighted by atomic mass is 10.1. The first-order valence-corrected chi connectivity index (χ1v) is 5.94. The Morgan fingerprint density at radius 2 is 2.24 bits per heavy atom. The SMILES string of the molecule is CCCCC(N)C(=O)NCc1cnc(C)cn1. The number of carbonyl (C=O) groups is 1. The van der Waals surface area contributed by atoms with Crippen molar-refractivity contribution in [3.63, 3.8) is 0 Å². The van der Waals surface area contributed by atoms with Gasteiger partial charge in [0.1, 0.15) is 0 Å². The first-order chi connectivity index (χ1) is 8.13. The predicted molar refractivity (Wildman–Crippen MR) is 66.1 cm³/mol. The van der Waals surface area contributed by atoms with Crippen LogP contribution in [-0.2, 0) is 11.3 Å². The Labute approximate surface area is 102 Å². The minimum Gasteiger partial charge on any atom is -0.349 e. The summed E-state index contributed by atoms with van der Waals surface area (Å²) >= 11 is 0. The first-order valence-electron chi connectivity index (χ1n) is 5.94. The lowest BCUT2D eigenvalue weighted by Gasteiger charge is -2.11. The molecule has 0 bridgehead atoms. The van der Waals surface area contributed by atoms with E-state index in [1.807, 2.05) is 6.92 Å². The van der Waals surface area contributed by atoms with Crippen molar-refractivity contribution in [2.24, 2.45) is 5.73 Å². The van der Waals surface area contributed by atoms with Gasteiger partial charge in [-0.25, -0.2) is 0 Å². The zero-order chi connectivity index (χ0) is 12.7. The third kappa shape index (κ3) is 4.91. The van der Waals surface area contributed by atoms with E-state index in [0.29, 0.717) is 6.54 Å². The molecule has 0 aliphatic carbocycles. The highest BCUT2D eigenvalue weighted by Crippen LogP contribution is 1.99. The Hall–Kier alpha value is -1.49. The van der Waals surface area contributed by atoms with Crippen LogP contribution in [0.5, 0.6) is 0 Å². The molecule has 1 unspecified atom stereocenters. The van der Waals surface area contributed by atoms with Crippen LogP contribution in [0.15, 0.2) is 12.4 Å². The molecule has 94 valence electrons. The van der Waals surface area contributed by atoms with Gasteiger partial charge in [0, 0.05) is 6.20 Å². The standard InChI is InChI=1S/C12H20N4O/c1-3-4-5-11(13)12(17)16-8-10-7-14-9(2)6-15-10/h6-7,11H,3-5,8,13H2,1-2H3,(H,16,17). The van der Waals surface area contributed by atoms with Gasteiger partial charge in [-0.15, -0.1) is 0 Å². The van der Waals surface area contributed by atoms with Crippen LogP contribution in [0, 0.1) is 6.92 Å². The molecule has 5 heteroatoms. The highest BCUT2D eigenvalue weighted by Gasteiger charge is 2.12. The molecule has 0 aromatic carbocycles. The molecular formula is C12H20N4O. The fourth-order valence-electron chi connectivity index (χ4n) is 1.37. The van der Waals surface area contributed by atoms with Crippen LogP contribution in [0.2, 0.25) is 0 Å². The fourth-order valence-corrected chi connectivity index (χ4v) is 1.37. The van der Waals surface area contributed by atoms with Crippen LogP contribution in [0.3, 0.4) is 0 Å². The van der Waals surface area contributed by atoms with Crippen molar-refractivity contribution in [1.82, 2.24) is 15.3 Å². The van der Waals surface area contributed by atoms with E-state index in [1.165, 1.54) is 0 Å². The molecule has 0 saturated carbocycles. The molecule has 0 radical (unpaired) electrons. The number of hydrogen-bond acceptors (Lipinski definition) is 4. The van der Waals surface area contributed by atoms with Gasteiger partial charge in [-0.3, -0.25) is 14.8 Å². The lowest BCUT2D eigenvalue weighted by molar-refractivity contribution is -0.122. The molecule has 0 fully saturated rings. The highest BCUT2D eigenvalue weighted by molar-refractivity contribution is 5.81. The Balaban J connectivity index is 2.34. The van der Waals surface area contributed by atoms with E-state index < -0.39 is 6.04 Å². The Morgan fingerprint density at radius 3 is 2.82 bits per heavy atom. The molecule has 0 spiro atoms. The lowest BCUT2D eigenvalue weighted by Crippen LogP contribution is -2.40. The smallest absolute Gasteiger partial charge is 0.237 e. The van der Waals surface area contributed by atoms with Gasteiger partial charge in [0.2, 0.25) is 5.91 Å². The Morgan fingerprint density at radius 1 is 1.47 bits per heavy atom. The van der Waals surface area contributed by atoms with Crippen LogP contribution in [-0.4, -0.2) is 21.9 Å². The Bertz CT molecular complexity index is 350. The highest BCUT2D eigenvalue weighted by atomic mass is 16.2. The molecule has 1 atom stereocenters. The zero-order valence-corrected chi connectivity index (χ0v) is 10.4. The van der Waals surface area contributed by atoms with Crippen LogP contribution in [0.4, 0.5) is 0 Å². The number of nitrogens with one attached hydrogen (secondary N) is 1. The molecule has 0 saturated heterocycles. The minimum absolute atomic E-state index is 0.124. The second-order valence-corrected chi connectivity index (χ2v) is 4.12.